The maximum Gasteiger partial charge on any atom is 0.472 e. The normalized spacial score (nSPS) is 22.2. The van der Waals surface area contributed by atoms with Crippen LogP contribution in [0.4, 0.5) is 0 Å². The third kappa shape index (κ3) is 30.2. The molecule has 1 fully saturated rings. The third-order valence-corrected chi connectivity index (χ3v) is 12.3. The number of phosphoric ester groups is 1. The van der Waals surface area contributed by atoms with Crippen molar-refractivity contribution in [1.82, 2.24) is 0 Å². The minimum Gasteiger partial charge on any atom is -0.462 e. The molecular formula is C47H87O13P. The molecule has 1 aliphatic carbocycles. The molecule has 0 aromatic carbocycles. The van der Waals surface area contributed by atoms with E-state index in [4.69, 9.17) is 18.5 Å². The van der Waals surface area contributed by atoms with Crippen LogP contribution >= 0.6 is 7.82 Å². The van der Waals surface area contributed by atoms with E-state index in [2.05, 4.69) is 26.0 Å². The van der Waals surface area contributed by atoms with Crippen LogP contribution in [0.25, 0.3) is 0 Å². The Bertz CT molecular complexity index is 1170. The minimum absolute atomic E-state index is 0.0359. The number of hydrogen-bond acceptors (Lipinski definition) is 12. The van der Waals surface area contributed by atoms with Crippen molar-refractivity contribution in [2.45, 2.75) is 249 Å². The van der Waals surface area contributed by atoms with E-state index < -0.39 is 75.7 Å². The Balaban J connectivity index is 2.46. The summed E-state index contributed by atoms with van der Waals surface area (Å²) in [5.41, 5.74) is 0. The summed E-state index contributed by atoms with van der Waals surface area (Å²) >= 11 is 0. The molecule has 1 saturated carbocycles. The first-order valence-corrected chi connectivity index (χ1v) is 25.6. The first kappa shape index (κ1) is 57.3. The van der Waals surface area contributed by atoms with Crippen LogP contribution in [-0.2, 0) is 32.7 Å². The highest BCUT2D eigenvalue weighted by atomic mass is 31.2. The number of rotatable bonds is 40. The molecule has 61 heavy (non-hydrogen) atoms. The SMILES string of the molecule is CCCCCCCCCCC/C=C/C/C=C/CCCC(=O)O[C@H](COC(=O)CCCCCCCCCCCCCCCCC)COP(=O)(O)OC1C(O)C(O)C(O)[C@H](O)C1O. The van der Waals surface area contributed by atoms with E-state index in [1.807, 2.05) is 12.2 Å². The second kappa shape index (κ2) is 37.7. The van der Waals surface area contributed by atoms with Gasteiger partial charge in [-0.15, -0.1) is 0 Å². The molecule has 8 atom stereocenters. The van der Waals surface area contributed by atoms with E-state index in [1.165, 1.54) is 128 Å². The summed E-state index contributed by atoms with van der Waals surface area (Å²) in [6.45, 7) is 3.28. The molecule has 0 bridgehead atoms. The van der Waals surface area contributed by atoms with Crippen molar-refractivity contribution >= 4 is 19.8 Å². The van der Waals surface area contributed by atoms with Gasteiger partial charge in [-0.2, -0.15) is 0 Å². The highest BCUT2D eigenvalue weighted by molar-refractivity contribution is 7.47. The highest BCUT2D eigenvalue weighted by Crippen LogP contribution is 2.47. The fourth-order valence-corrected chi connectivity index (χ4v) is 8.36. The van der Waals surface area contributed by atoms with E-state index in [-0.39, 0.29) is 12.8 Å². The first-order chi connectivity index (χ1) is 29.4. The predicted octanol–water partition coefficient (Wildman–Crippen LogP) is 9.62. The van der Waals surface area contributed by atoms with Crippen molar-refractivity contribution in [2.75, 3.05) is 13.2 Å². The molecule has 0 heterocycles. The van der Waals surface area contributed by atoms with Crippen molar-refractivity contribution in [3.63, 3.8) is 0 Å². The summed E-state index contributed by atoms with van der Waals surface area (Å²) in [4.78, 5) is 35.7. The van der Waals surface area contributed by atoms with Crippen molar-refractivity contribution < 1.29 is 63.1 Å². The standard InChI is InChI=1S/C47H87O13P/c1-3-5-7-9-11-13-15-17-19-20-22-24-26-28-30-32-34-36-41(49)59-39(38-58-61(55,56)60-47-45(53)43(51)42(50)44(52)46(47)54)37-57-40(48)35-33-31-29-27-25-23-21-18-16-14-12-10-8-6-4-2/h22,24,28,30,39,42-47,50-54H,3-21,23,25-27,29,31-38H2,1-2H3,(H,55,56)/b24-22+,30-28+/t39-,42?,43+,44?,45?,46?,47?/m1/s1. The van der Waals surface area contributed by atoms with E-state index in [1.54, 1.807) is 0 Å². The fourth-order valence-electron chi connectivity index (χ4n) is 7.39. The van der Waals surface area contributed by atoms with Gasteiger partial charge < -0.3 is 39.9 Å². The Kier molecular flexibility index (Phi) is 35.4. The Morgan fingerprint density at radius 2 is 0.902 bits per heavy atom. The number of carbonyl (C=O) groups excluding carboxylic acids is 2. The van der Waals surface area contributed by atoms with Crippen LogP contribution in [0.15, 0.2) is 24.3 Å². The number of aliphatic hydroxyl groups excluding tert-OH is 5. The Morgan fingerprint density at radius 3 is 1.38 bits per heavy atom. The number of esters is 2. The summed E-state index contributed by atoms with van der Waals surface area (Å²) in [6, 6.07) is 0. The zero-order chi connectivity index (χ0) is 45.0. The Hall–Kier alpha value is -1.67. The van der Waals surface area contributed by atoms with Crippen LogP contribution < -0.4 is 0 Å². The third-order valence-electron chi connectivity index (χ3n) is 11.3. The lowest BCUT2D eigenvalue weighted by molar-refractivity contribution is -0.220. The van der Waals surface area contributed by atoms with Crippen molar-refractivity contribution in [3.8, 4) is 0 Å². The summed E-state index contributed by atoms with van der Waals surface area (Å²) in [6.07, 6.45) is 28.1. The van der Waals surface area contributed by atoms with Crippen molar-refractivity contribution in [1.29, 1.82) is 0 Å². The summed E-state index contributed by atoms with van der Waals surface area (Å²) in [7, 11) is -5.13. The Labute approximate surface area is 368 Å². The maximum absolute atomic E-state index is 12.8. The van der Waals surface area contributed by atoms with Gasteiger partial charge in [-0.3, -0.25) is 18.6 Å². The van der Waals surface area contributed by atoms with E-state index >= 15 is 0 Å². The summed E-state index contributed by atoms with van der Waals surface area (Å²) in [5, 5.41) is 50.2. The van der Waals surface area contributed by atoms with Crippen molar-refractivity contribution in [3.05, 3.63) is 24.3 Å². The molecule has 6 N–H and O–H groups in total. The topological polar surface area (TPSA) is 210 Å². The number of hydrogen-bond donors (Lipinski definition) is 6. The van der Waals surface area contributed by atoms with Crippen molar-refractivity contribution in [2.24, 2.45) is 0 Å². The predicted molar refractivity (Wildman–Crippen MR) is 240 cm³/mol. The molecule has 0 aliphatic heterocycles. The van der Waals surface area contributed by atoms with Gasteiger partial charge in [0.05, 0.1) is 6.61 Å². The largest absolute Gasteiger partial charge is 0.472 e. The number of ether oxygens (including phenoxy) is 2. The minimum atomic E-state index is -5.13. The smallest absolute Gasteiger partial charge is 0.462 e. The Morgan fingerprint density at radius 1 is 0.508 bits per heavy atom. The molecule has 6 unspecified atom stereocenters. The molecular weight excluding hydrogens is 803 g/mol. The van der Waals surface area contributed by atoms with Gasteiger partial charge in [0.25, 0.3) is 0 Å². The zero-order valence-corrected chi connectivity index (χ0v) is 38.9. The number of phosphoric acid groups is 1. The van der Waals surface area contributed by atoms with Crippen LogP contribution in [-0.4, -0.2) is 98.3 Å². The number of allylic oxidation sites excluding steroid dienone is 4. The van der Waals surface area contributed by atoms with Gasteiger partial charge >= 0.3 is 19.8 Å². The molecule has 0 radical (unpaired) electrons. The molecule has 14 heteroatoms. The molecule has 0 aromatic heterocycles. The number of carbonyl (C=O) groups is 2. The van der Waals surface area contributed by atoms with E-state index in [0.717, 1.165) is 32.1 Å². The quantitative estimate of drug-likeness (QED) is 0.0147. The second-order valence-electron chi connectivity index (χ2n) is 17.0. The molecule has 13 nitrogen and oxygen atoms in total. The zero-order valence-electron chi connectivity index (χ0n) is 38.0. The van der Waals surface area contributed by atoms with Crippen LogP contribution in [0.2, 0.25) is 0 Å². The van der Waals surface area contributed by atoms with Gasteiger partial charge in [-0.1, -0.05) is 179 Å². The van der Waals surface area contributed by atoms with Gasteiger partial charge in [0.2, 0.25) is 0 Å². The first-order valence-electron chi connectivity index (χ1n) is 24.1. The van der Waals surface area contributed by atoms with Crippen LogP contribution in [0, 0.1) is 0 Å². The monoisotopic (exact) mass is 891 g/mol. The van der Waals surface area contributed by atoms with Gasteiger partial charge in [0.1, 0.15) is 43.2 Å². The fraction of sp³-hybridized carbons (Fsp3) is 0.872. The van der Waals surface area contributed by atoms with Crippen LogP contribution in [0.3, 0.4) is 0 Å². The molecule has 0 spiro atoms. The lowest BCUT2D eigenvalue weighted by Crippen LogP contribution is -2.64. The lowest BCUT2D eigenvalue weighted by Gasteiger charge is -2.41. The molecule has 0 aromatic rings. The number of aliphatic hydroxyl groups is 5. The van der Waals surface area contributed by atoms with Gasteiger partial charge in [0.15, 0.2) is 6.10 Å². The summed E-state index contributed by atoms with van der Waals surface area (Å²) in [5.74, 6) is -1.14. The molecule has 1 rings (SSSR count). The van der Waals surface area contributed by atoms with Gasteiger partial charge in [-0.25, -0.2) is 4.57 Å². The van der Waals surface area contributed by atoms with Crippen LogP contribution in [0.5, 0.6) is 0 Å². The molecule has 0 amide bonds. The van der Waals surface area contributed by atoms with Crippen LogP contribution in [0.1, 0.15) is 206 Å². The summed E-state index contributed by atoms with van der Waals surface area (Å²) < 4.78 is 33.5. The molecule has 1 aliphatic rings. The average Bonchev–Trinajstić information content (AvgIpc) is 3.24. The lowest BCUT2D eigenvalue weighted by atomic mass is 9.85. The highest BCUT2D eigenvalue weighted by Gasteiger charge is 2.51. The van der Waals surface area contributed by atoms with Gasteiger partial charge in [-0.05, 0) is 38.5 Å². The average molecular weight is 891 g/mol. The second-order valence-corrected chi connectivity index (χ2v) is 18.4. The molecule has 0 saturated heterocycles. The number of unbranched alkanes of at least 4 members (excludes halogenated alkanes) is 24. The van der Waals surface area contributed by atoms with E-state index in [9.17, 15) is 44.6 Å². The molecule has 358 valence electrons. The maximum atomic E-state index is 12.8. The van der Waals surface area contributed by atoms with Gasteiger partial charge in [0, 0.05) is 12.8 Å². The van der Waals surface area contributed by atoms with E-state index in [0.29, 0.717) is 19.3 Å².